The summed E-state index contributed by atoms with van der Waals surface area (Å²) in [7, 11) is 0. The maximum atomic E-state index is 10.2. The van der Waals surface area contributed by atoms with E-state index in [0.29, 0.717) is 5.92 Å². The second-order valence-corrected chi connectivity index (χ2v) is 4.56. The van der Waals surface area contributed by atoms with Crippen molar-refractivity contribution >= 4 is 0 Å². The van der Waals surface area contributed by atoms with Crippen molar-refractivity contribution in [1.29, 1.82) is 0 Å². The maximum absolute atomic E-state index is 10.2. The zero-order valence-corrected chi connectivity index (χ0v) is 9.50. The number of hydrogen-bond donors (Lipinski definition) is 2. The Morgan fingerprint density at radius 3 is 2.50 bits per heavy atom. The molecule has 14 heavy (non-hydrogen) atoms. The first-order valence-electron chi connectivity index (χ1n) is 5.78. The number of aliphatic hydroxyl groups is 1. The molecule has 3 heteroatoms. The first-order valence-corrected chi connectivity index (χ1v) is 5.78. The molecule has 3 nitrogen and oxygen atoms in total. The first-order chi connectivity index (χ1) is 6.63. The molecule has 0 aromatic carbocycles. The molecule has 1 fully saturated rings. The molecule has 1 rings (SSSR count). The van der Waals surface area contributed by atoms with E-state index in [1.54, 1.807) is 0 Å². The third kappa shape index (κ3) is 2.94. The molecular formula is C11H24N2O. The SMILES string of the molecule is CCC(O)(CC)CN1CCC(CN)C1. The van der Waals surface area contributed by atoms with Crippen LogP contribution in [0.4, 0.5) is 0 Å². The van der Waals surface area contributed by atoms with E-state index >= 15 is 0 Å². The van der Waals surface area contributed by atoms with Crippen LogP contribution in [0.2, 0.25) is 0 Å². The van der Waals surface area contributed by atoms with E-state index in [9.17, 15) is 5.11 Å². The van der Waals surface area contributed by atoms with Gasteiger partial charge in [0.25, 0.3) is 0 Å². The Balaban J connectivity index is 2.37. The predicted octanol–water partition coefficient (Wildman–Crippen LogP) is 0.818. The number of nitrogens with two attached hydrogens (primary N) is 1. The van der Waals surface area contributed by atoms with E-state index in [2.05, 4.69) is 18.7 Å². The molecule has 0 spiro atoms. The van der Waals surface area contributed by atoms with Crippen LogP contribution in [0, 0.1) is 5.92 Å². The minimum Gasteiger partial charge on any atom is -0.389 e. The van der Waals surface area contributed by atoms with Gasteiger partial charge in [0.15, 0.2) is 0 Å². The second kappa shape index (κ2) is 5.10. The van der Waals surface area contributed by atoms with Gasteiger partial charge in [0.1, 0.15) is 0 Å². The van der Waals surface area contributed by atoms with E-state index in [-0.39, 0.29) is 0 Å². The van der Waals surface area contributed by atoms with Gasteiger partial charge < -0.3 is 15.7 Å². The van der Waals surface area contributed by atoms with E-state index in [4.69, 9.17) is 5.73 Å². The van der Waals surface area contributed by atoms with Gasteiger partial charge in [-0.05, 0) is 38.3 Å². The van der Waals surface area contributed by atoms with Crippen LogP contribution in [-0.2, 0) is 0 Å². The highest BCUT2D eigenvalue weighted by atomic mass is 16.3. The van der Waals surface area contributed by atoms with Gasteiger partial charge in [0.2, 0.25) is 0 Å². The zero-order chi connectivity index (χ0) is 10.6. The van der Waals surface area contributed by atoms with E-state index in [0.717, 1.165) is 39.0 Å². The highest BCUT2D eigenvalue weighted by Gasteiger charge is 2.29. The highest BCUT2D eigenvalue weighted by Crippen LogP contribution is 2.21. The van der Waals surface area contributed by atoms with Crippen LogP contribution in [0.25, 0.3) is 0 Å². The Bertz CT molecular complexity index is 169. The first kappa shape index (κ1) is 12.0. The Hall–Kier alpha value is -0.120. The van der Waals surface area contributed by atoms with Crippen molar-refractivity contribution in [2.45, 2.75) is 38.7 Å². The fraction of sp³-hybridized carbons (Fsp3) is 1.00. The highest BCUT2D eigenvalue weighted by molar-refractivity contribution is 4.84. The normalized spacial score (nSPS) is 24.4. The maximum Gasteiger partial charge on any atom is 0.0768 e. The average Bonchev–Trinajstić information content (AvgIpc) is 2.65. The Labute approximate surface area is 87.3 Å². The summed E-state index contributed by atoms with van der Waals surface area (Å²) in [6, 6.07) is 0. The molecule has 1 aliphatic heterocycles. The topological polar surface area (TPSA) is 49.5 Å². The lowest BCUT2D eigenvalue weighted by Gasteiger charge is -2.30. The van der Waals surface area contributed by atoms with Crippen molar-refractivity contribution in [3.63, 3.8) is 0 Å². The van der Waals surface area contributed by atoms with E-state index in [1.807, 2.05) is 0 Å². The summed E-state index contributed by atoms with van der Waals surface area (Å²) >= 11 is 0. The van der Waals surface area contributed by atoms with Crippen LogP contribution in [0.3, 0.4) is 0 Å². The predicted molar refractivity (Wildman–Crippen MR) is 59.1 cm³/mol. The molecule has 0 radical (unpaired) electrons. The quantitative estimate of drug-likeness (QED) is 0.691. The number of hydrogen-bond acceptors (Lipinski definition) is 3. The van der Waals surface area contributed by atoms with Crippen LogP contribution in [-0.4, -0.2) is 41.8 Å². The third-order valence-electron chi connectivity index (χ3n) is 3.54. The van der Waals surface area contributed by atoms with E-state index < -0.39 is 5.60 Å². The Morgan fingerprint density at radius 2 is 2.07 bits per heavy atom. The minimum absolute atomic E-state index is 0.483. The zero-order valence-electron chi connectivity index (χ0n) is 9.50. The van der Waals surface area contributed by atoms with Gasteiger partial charge in [-0.1, -0.05) is 13.8 Å². The fourth-order valence-electron chi connectivity index (χ4n) is 2.14. The van der Waals surface area contributed by atoms with Crippen LogP contribution < -0.4 is 5.73 Å². The van der Waals surface area contributed by atoms with Crippen molar-refractivity contribution in [2.24, 2.45) is 11.7 Å². The summed E-state index contributed by atoms with van der Waals surface area (Å²) in [6.07, 6.45) is 2.88. The van der Waals surface area contributed by atoms with E-state index in [1.165, 1.54) is 6.42 Å². The van der Waals surface area contributed by atoms with Gasteiger partial charge in [-0.25, -0.2) is 0 Å². The largest absolute Gasteiger partial charge is 0.389 e. The molecule has 0 bridgehead atoms. The monoisotopic (exact) mass is 200 g/mol. The molecule has 84 valence electrons. The van der Waals surface area contributed by atoms with Crippen molar-refractivity contribution in [3.8, 4) is 0 Å². The van der Waals surface area contributed by atoms with Crippen LogP contribution >= 0.6 is 0 Å². The van der Waals surface area contributed by atoms with Crippen molar-refractivity contribution in [3.05, 3.63) is 0 Å². The molecule has 0 saturated carbocycles. The lowest BCUT2D eigenvalue weighted by atomic mass is 9.97. The summed E-state index contributed by atoms with van der Waals surface area (Å²) in [4.78, 5) is 2.35. The third-order valence-corrected chi connectivity index (χ3v) is 3.54. The van der Waals surface area contributed by atoms with Gasteiger partial charge in [-0.3, -0.25) is 0 Å². The van der Waals surface area contributed by atoms with Crippen LogP contribution in [0.5, 0.6) is 0 Å². The molecule has 1 atom stereocenters. The minimum atomic E-state index is -0.483. The smallest absolute Gasteiger partial charge is 0.0768 e. The summed E-state index contributed by atoms with van der Waals surface area (Å²) in [6.45, 7) is 7.88. The lowest BCUT2D eigenvalue weighted by molar-refractivity contribution is 0.00170. The van der Waals surface area contributed by atoms with Crippen molar-refractivity contribution in [1.82, 2.24) is 4.90 Å². The van der Waals surface area contributed by atoms with Gasteiger partial charge >= 0.3 is 0 Å². The fourth-order valence-corrected chi connectivity index (χ4v) is 2.14. The van der Waals surface area contributed by atoms with Gasteiger partial charge in [-0.15, -0.1) is 0 Å². The van der Waals surface area contributed by atoms with Crippen LogP contribution in [0.1, 0.15) is 33.1 Å². The number of β-amino-alcohol motifs (C(OH)–C–C–N with tert-alkyl or cyclic N) is 1. The average molecular weight is 200 g/mol. The van der Waals surface area contributed by atoms with Crippen LogP contribution in [0.15, 0.2) is 0 Å². The summed E-state index contributed by atoms with van der Waals surface area (Å²) < 4.78 is 0. The molecule has 0 aromatic rings. The molecule has 1 heterocycles. The molecule has 0 amide bonds. The molecule has 1 saturated heterocycles. The number of nitrogens with zero attached hydrogens (tertiary/aromatic N) is 1. The van der Waals surface area contributed by atoms with Crippen molar-refractivity contribution in [2.75, 3.05) is 26.2 Å². The lowest BCUT2D eigenvalue weighted by Crippen LogP contribution is -2.41. The molecular weight excluding hydrogens is 176 g/mol. The van der Waals surface area contributed by atoms with Gasteiger partial charge in [0, 0.05) is 13.1 Å². The molecule has 1 aliphatic rings. The Kier molecular flexibility index (Phi) is 4.35. The van der Waals surface area contributed by atoms with Gasteiger partial charge in [0.05, 0.1) is 5.60 Å². The summed E-state index contributed by atoms with van der Waals surface area (Å²) in [5.41, 5.74) is 5.15. The van der Waals surface area contributed by atoms with Gasteiger partial charge in [-0.2, -0.15) is 0 Å². The standard InChI is InChI=1S/C11H24N2O/c1-3-11(14,4-2)9-13-6-5-10(7-12)8-13/h10,14H,3-9,12H2,1-2H3. The molecule has 0 aromatic heterocycles. The molecule has 1 unspecified atom stereocenters. The summed E-state index contributed by atoms with van der Waals surface area (Å²) in [5, 5.41) is 10.2. The number of rotatable bonds is 5. The molecule has 3 N–H and O–H groups in total. The number of likely N-dealkylation sites (tertiary alicyclic amines) is 1. The van der Waals surface area contributed by atoms with Crippen molar-refractivity contribution < 1.29 is 5.11 Å². The molecule has 0 aliphatic carbocycles. The second-order valence-electron chi connectivity index (χ2n) is 4.56. The Morgan fingerprint density at radius 1 is 1.43 bits per heavy atom. The summed E-state index contributed by atoms with van der Waals surface area (Å²) in [5.74, 6) is 0.646.